The molecule has 1 aliphatic rings. The highest BCUT2D eigenvalue weighted by molar-refractivity contribution is 5.80. The lowest BCUT2D eigenvalue weighted by molar-refractivity contribution is -0.143. The summed E-state index contributed by atoms with van der Waals surface area (Å²) in [6, 6.07) is 6.08. The van der Waals surface area contributed by atoms with E-state index < -0.39 is 6.10 Å². The van der Waals surface area contributed by atoms with Gasteiger partial charge in [0.2, 0.25) is 11.7 Å². The van der Waals surface area contributed by atoms with Crippen molar-refractivity contribution in [2.75, 3.05) is 19.7 Å². The van der Waals surface area contributed by atoms with E-state index in [0.717, 1.165) is 12.8 Å². The van der Waals surface area contributed by atoms with Crippen molar-refractivity contribution in [2.45, 2.75) is 38.7 Å². The number of halogens is 1. The first-order valence-corrected chi connectivity index (χ1v) is 8.58. The van der Waals surface area contributed by atoms with E-state index in [2.05, 4.69) is 10.1 Å². The van der Waals surface area contributed by atoms with Gasteiger partial charge in [0.25, 0.3) is 5.91 Å². The fourth-order valence-electron chi connectivity index (χ4n) is 3.10. The molecule has 1 saturated heterocycles. The molecule has 7 heteroatoms. The molecule has 3 rings (SSSR count). The normalized spacial score (nSPS) is 19.0. The van der Waals surface area contributed by atoms with Gasteiger partial charge in [-0.25, -0.2) is 4.39 Å². The van der Waals surface area contributed by atoms with Gasteiger partial charge < -0.3 is 14.2 Å². The summed E-state index contributed by atoms with van der Waals surface area (Å²) in [4.78, 5) is 18.6. The number of rotatable bonds is 5. The highest BCUT2D eigenvalue weighted by Gasteiger charge is 2.30. The van der Waals surface area contributed by atoms with Crippen molar-refractivity contribution in [1.82, 2.24) is 15.0 Å². The van der Waals surface area contributed by atoms with E-state index >= 15 is 0 Å². The maximum atomic E-state index is 13.4. The fourth-order valence-corrected chi connectivity index (χ4v) is 3.10. The summed E-state index contributed by atoms with van der Waals surface area (Å²) in [6.45, 7) is 5.38. The lowest BCUT2D eigenvalue weighted by Crippen LogP contribution is -2.44. The Morgan fingerprint density at radius 3 is 3.12 bits per heavy atom. The number of likely N-dealkylation sites (tertiary alicyclic amines) is 1. The molecule has 0 unspecified atom stereocenters. The van der Waals surface area contributed by atoms with Crippen LogP contribution in [-0.4, -0.2) is 46.7 Å². The van der Waals surface area contributed by atoms with E-state index in [4.69, 9.17) is 9.26 Å². The third kappa shape index (κ3) is 4.04. The maximum Gasteiger partial charge on any atom is 0.251 e. The van der Waals surface area contributed by atoms with Crippen LogP contribution in [0.3, 0.4) is 0 Å². The first-order chi connectivity index (χ1) is 12.1. The molecule has 2 aromatic rings. The number of amides is 1. The third-order valence-corrected chi connectivity index (χ3v) is 4.37. The van der Waals surface area contributed by atoms with Crippen LogP contribution in [-0.2, 0) is 9.53 Å². The van der Waals surface area contributed by atoms with Crippen LogP contribution in [0.2, 0.25) is 0 Å². The minimum absolute atomic E-state index is 0.0127. The Bertz CT molecular complexity index is 734. The molecule has 1 fully saturated rings. The van der Waals surface area contributed by atoms with Crippen molar-refractivity contribution in [2.24, 2.45) is 0 Å². The lowest BCUT2D eigenvalue weighted by Gasteiger charge is -2.32. The van der Waals surface area contributed by atoms with Gasteiger partial charge in [0.05, 0.1) is 5.92 Å². The summed E-state index contributed by atoms with van der Waals surface area (Å²) in [5.41, 5.74) is 0.573. The molecular weight excluding hydrogens is 325 g/mol. The Morgan fingerprint density at radius 2 is 2.36 bits per heavy atom. The van der Waals surface area contributed by atoms with Gasteiger partial charge in [-0.2, -0.15) is 4.98 Å². The number of hydrogen-bond acceptors (Lipinski definition) is 5. The van der Waals surface area contributed by atoms with E-state index in [9.17, 15) is 9.18 Å². The van der Waals surface area contributed by atoms with Gasteiger partial charge in [-0.1, -0.05) is 17.3 Å². The van der Waals surface area contributed by atoms with Gasteiger partial charge >= 0.3 is 0 Å². The summed E-state index contributed by atoms with van der Waals surface area (Å²) in [5, 5.41) is 3.96. The molecule has 0 bridgehead atoms. The molecule has 0 spiro atoms. The largest absolute Gasteiger partial charge is 0.369 e. The fraction of sp³-hybridized carbons (Fsp3) is 0.500. The van der Waals surface area contributed by atoms with Gasteiger partial charge in [0.15, 0.2) is 0 Å². The molecular formula is C18H22FN3O3. The van der Waals surface area contributed by atoms with Gasteiger partial charge in [-0.15, -0.1) is 0 Å². The van der Waals surface area contributed by atoms with Crippen LogP contribution in [0.5, 0.6) is 0 Å². The van der Waals surface area contributed by atoms with Crippen LogP contribution in [0.4, 0.5) is 4.39 Å². The second-order valence-electron chi connectivity index (χ2n) is 6.19. The van der Waals surface area contributed by atoms with E-state index in [-0.39, 0.29) is 17.6 Å². The van der Waals surface area contributed by atoms with Gasteiger partial charge in [-0.05, 0) is 38.8 Å². The van der Waals surface area contributed by atoms with Crippen molar-refractivity contribution in [3.63, 3.8) is 0 Å². The number of aromatic nitrogens is 2. The average Bonchev–Trinajstić information content (AvgIpc) is 3.11. The van der Waals surface area contributed by atoms with Crippen LogP contribution in [0.1, 0.15) is 38.5 Å². The molecule has 2 heterocycles. The van der Waals surface area contributed by atoms with E-state index in [1.54, 1.807) is 24.0 Å². The Hall–Kier alpha value is -2.28. The molecule has 25 heavy (non-hydrogen) atoms. The monoisotopic (exact) mass is 347 g/mol. The van der Waals surface area contributed by atoms with Crippen LogP contribution >= 0.6 is 0 Å². The van der Waals surface area contributed by atoms with E-state index in [1.807, 2.05) is 6.92 Å². The molecule has 0 radical (unpaired) electrons. The molecule has 2 atom stereocenters. The average molecular weight is 347 g/mol. The maximum absolute atomic E-state index is 13.4. The highest BCUT2D eigenvalue weighted by atomic mass is 19.1. The summed E-state index contributed by atoms with van der Waals surface area (Å²) < 4.78 is 24.1. The summed E-state index contributed by atoms with van der Waals surface area (Å²) in [7, 11) is 0. The predicted octanol–water partition coefficient (Wildman–Crippen LogP) is 3.01. The molecule has 0 saturated carbocycles. The molecule has 0 N–H and O–H groups in total. The Morgan fingerprint density at radius 1 is 1.52 bits per heavy atom. The van der Waals surface area contributed by atoms with Gasteiger partial charge in [0, 0.05) is 25.3 Å². The van der Waals surface area contributed by atoms with E-state index in [0.29, 0.717) is 37.0 Å². The summed E-state index contributed by atoms with van der Waals surface area (Å²) in [5.74, 6) is 0.474. The Labute approximate surface area is 146 Å². The van der Waals surface area contributed by atoms with Crippen molar-refractivity contribution in [3.05, 3.63) is 36.0 Å². The first-order valence-electron chi connectivity index (χ1n) is 8.58. The van der Waals surface area contributed by atoms with Gasteiger partial charge in [-0.3, -0.25) is 4.79 Å². The Balaban J connectivity index is 1.71. The van der Waals surface area contributed by atoms with Crippen molar-refractivity contribution >= 4 is 5.91 Å². The number of ether oxygens (including phenoxy) is 1. The minimum Gasteiger partial charge on any atom is -0.369 e. The predicted molar refractivity (Wildman–Crippen MR) is 89.3 cm³/mol. The van der Waals surface area contributed by atoms with Crippen molar-refractivity contribution in [3.8, 4) is 11.4 Å². The quantitative estimate of drug-likeness (QED) is 0.832. The molecule has 134 valence electrons. The molecule has 1 amide bonds. The minimum atomic E-state index is -0.450. The molecule has 6 nitrogen and oxygen atoms in total. The van der Waals surface area contributed by atoms with E-state index in [1.165, 1.54) is 12.1 Å². The number of piperidine rings is 1. The SMILES string of the molecule is CCO[C@@H](C)C(=O)N1CCC[C@@H](c2nc(-c3cccc(F)c3)no2)C1. The van der Waals surface area contributed by atoms with Gasteiger partial charge in [0.1, 0.15) is 11.9 Å². The van der Waals surface area contributed by atoms with Crippen molar-refractivity contribution < 1.29 is 18.4 Å². The topological polar surface area (TPSA) is 68.5 Å². The summed E-state index contributed by atoms with van der Waals surface area (Å²) in [6.07, 6.45) is 1.29. The van der Waals surface area contributed by atoms with Crippen LogP contribution in [0.25, 0.3) is 11.4 Å². The second-order valence-corrected chi connectivity index (χ2v) is 6.19. The second kappa shape index (κ2) is 7.74. The zero-order valence-corrected chi connectivity index (χ0v) is 14.4. The molecule has 1 aliphatic heterocycles. The number of nitrogens with zero attached hydrogens (tertiary/aromatic N) is 3. The lowest BCUT2D eigenvalue weighted by atomic mass is 9.97. The van der Waals surface area contributed by atoms with Crippen LogP contribution in [0, 0.1) is 5.82 Å². The number of carbonyl (C=O) groups is 1. The third-order valence-electron chi connectivity index (χ3n) is 4.37. The molecule has 1 aromatic heterocycles. The zero-order valence-electron chi connectivity index (χ0n) is 14.4. The Kier molecular flexibility index (Phi) is 5.43. The summed E-state index contributed by atoms with van der Waals surface area (Å²) >= 11 is 0. The molecule has 0 aliphatic carbocycles. The highest BCUT2D eigenvalue weighted by Crippen LogP contribution is 2.28. The first kappa shape index (κ1) is 17.5. The zero-order chi connectivity index (χ0) is 17.8. The smallest absolute Gasteiger partial charge is 0.251 e. The number of carbonyl (C=O) groups excluding carboxylic acids is 1. The van der Waals surface area contributed by atoms with Crippen molar-refractivity contribution in [1.29, 1.82) is 0 Å². The molecule has 1 aromatic carbocycles. The number of benzene rings is 1. The van der Waals surface area contributed by atoms with Crippen LogP contribution < -0.4 is 0 Å². The number of hydrogen-bond donors (Lipinski definition) is 0. The standard InChI is InChI=1S/C18H22FN3O3/c1-3-24-12(2)18(23)22-9-5-7-14(11-22)17-20-16(21-25-17)13-6-4-8-15(19)10-13/h4,6,8,10,12,14H,3,5,7,9,11H2,1-2H3/t12-,14+/m0/s1. The van der Waals surface area contributed by atoms with Crippen LogP contribution in [0.15, 0.2) is 28.8 Å².